The van der Waals surface area contributed by atoms with Crippen LogP contribution in [-0.2, 0) is 6.42 Å². The number of amides is 2. The van der Waals surface area contributed by atoms with Crippen molar-refractivity contribution in [1.29, 1.82) is 5.26 Å². The lowest BCUT2D eigenvalue weighted by Gasteiger charge is -2.31. The molecule has 0 bridgehead atoms. The lowest BCUT2D eigenvalue weighted by molar-refractivity contribution is 0.228. The summed E-state index contributed by atoms with van der Waals surface area (Å²) in [5.41, 5.74) is 2.61. The maximum atomic E-state index is 12.5. The molecule has 5 heteroatoms. The molecule has 26 heavy (non-hydrogen) atoms. The first-order chi connectivity index (χ1) is 12.7. The molecule has 1 heterocycles. The second kappa shape index (κ2) is 8.50. The largest absolute Gasteiger partial charge is 0.322 e. The Bertz CT molecular complexity index is 776. The summed E-state index contributed by atoms with van der Waals surface area (Å²) in [6.07, 6.45) is 3.04. The van der Waals surface area contributed by atoms with Crippen LogP contribution in [0, 0.1) is 17.2 Å². The molecule has 1 aliphatic rings. The summed E-state index contributed by atoms with van der Waals surface area (Å²) in [5, 5.41) is 15.5. The van der Waals surface area contributed by atoms with Gasteiger partial charge in [-0.1, -0.05) is 36.4 Å². The van der Waals surface area contributed by atoms with E-state index in [1.807, 2.05) is 12.1 Å². The molecule has 0 aliphatic carbocycles. The molecule has 0 aromatic heterocycles. The lowest BCUT2D eigenvalue weighted by atomic mass is 9.91. The van der Waals surface area contributed by atoms with Gasteiger partial charge in [-0.15, -0.1) is 0 Å². The molecule has 1 saturated heterocycles. The number of benzene rings is 2. The van der Waals surface area contributed by atoms with Crippen molar-refractivity contribution in [1.82, 2.24) is 10.6 Å². The fourth-order valence-electron chi connectivity index (χ4n) is 3.31. The van der Waals surface area contributed by atoms with Crippen LogP contribution < -0.4 is 15.5 Å². The van der Waals surface area contributed by atoms with Crippen LogP contribution in [-0.4, -0.2) is 25.8 Å². The van der Waals surface area contributed by atoms with Gasteiger partial charge in [-0.05, 0) is 48.9 Å². The number of anilines is 1. The first-order valence-corrected chi connectivity index (χ1v) is 8.97. The summed E-state index contributed by atoms with van der Waals surface area (Å²) in [6.45, 7) is 0.896. The molecule has 2 aromatic carbocycles. The molecule has 0 spiro atoms. The Balaban J connectivity index is 1.49. The van der Waals surface area contributed by atoms with Crippen LogP contribution >= 0.6 is 0 Å². The van der Waals surface area contributed by atoms with Crippen LogP contribution in [0.4, 0.5) is 10.5 Å². The number of hydrogen-bond acceptors (Lipinski definition) is 3. The van der Waals surface area contributed by atoms with E-state index in [2.05, 4.69) is 41.0 Å². The van der Waals surface area contributed by atoms with Crippen LogP contribution in [0.25, 0.3) is 0 Å². The Morgan fingerprint density at radius 3 is 2.73 bits per heavy atom. The summed E-state index contributed by atoms with van der Waals surface area (Å²) < 4.78 is 0. The van der Waals surface area contributed by atoms with E-state index < -0.39 is 0 Å². The van der Waals surface area contributed by atoms with Gasteiger partial charge in [0.2, 0.25) is 0 Å². The molecular formula is C21H24N4O. The number of nitrogens with one attached hydrogen (secondary N) is 2. The van der Waals surface area contributed by atoms with Crippen LogP contribution in [0.1, 0.15) is 24.0 Å². The normalized spacial score (nSPS) is 19.4. The molecule has 2 N–H and O–H groups in total. The van der Waals surface area contributed by atoms with Crippen LogP contribution in [0.5, 0.6) is 0 Å². The molecule has 1 fully saturated rings. The highest BCUT2D eigenvalue weighted by Crippen LogP contribution is 2.19. The summed E-state index contributed by atoms with van der Waals surface area (Å²) in [6, 6.07) is 19.5. The number of carbonyl (C=O) groups is 1. The van der Waals surface area contributed by atoms with Crippen molar-refractivity contribution < 1.29 is 4.79 Å². The fraction of sp³-hybridized carbons (Fsp3) is 0.333. The number of hydrogen-bond donors (Lipinski definition) is 2. The van der Waals surface area contributed by atoms with E-state index in [9.17, 15) is 4.79 Å². The number of urea groups is 1. The van der Waals surface area contributed by atoms with Crippen molar-refractivity contribution >= 4 is 11.7 Å². The number of carbonyl (C=O) groups excluding carboxylic acids is 1. The van der Waals surface area contributed by atoms with Gasteiger partial charge in [0.15, 0.2) is 0 Å². The number of nitriles is 1. The van der Waals surface area contributed by atoms with E-state index in [-0.39, 0.29) is 12.2 Å². The highest BCUT2D eigenvalue weighted by Gasteiger charge is 2.23. The van der Waals surface area contributed by atoms with E-state index in [1.54, 1.807) is 30.1 Å². The third-order valence-corrected chi connectivity index (χ3v) is 4.85. The molecule has 0 saturated carbocycles. The second-order valence-corrected chi connectivity index (χ2v) is 6.76. The van der Waals surface area contributed by atoms with E-state index >= 15 is 0 Å². The van der Waals surface area contributed by atoms with Crippen LogP contribution in [0.2, 0.25) is 0 Å². The van der Waals surface area contributed by atoms with Crippen LogP contribution in [0.3, 0.4) is 0 Å². The second-order valence-electron chi connectivity index (χ2n) is 6.76. The average molecular weight is 348 g/mol. The highest BCUT2D eigenvalue weighted by molar-refractivity contribution is 5.91. The lowest BCUT2D eigenvalue weighted by Crippen LogP contribution is -2.53. The SMILES string of the molecule is CN(C(=O)NC1CCC(Cc2ccccc2)CN1)c1cccc(C#N)c1. The zero-order chi connectivity index (χ0) is 18.4. The van der Waals surface area contributed by atoms with Gasteiger partial charge in [-0.2, -0.15) is 5.26 Å². The zero-order valence-electron chi connectivity index (χ0n) is 15.0. The monoisotopic (exact) mass is 348 g/mol. The summed E-state index contributed by atoms with van der Waals surface area (Å²) in [4.78, 5) is 14.0. The van der Waals surface area contributed by atoms with Gasteiger partial charge >= 0.3 is 6.03 Å². The molecule has 2 atom stereocenters. The Hall–Kier alpha value is -2.84. The minimum Gasteiger partial charge on any atom is -0.322 e. The molecule has 5 nitrogen and oxygen atoms in total. The molecular weight excluding hydrogens is 324 g/mol. The van der Waals surface area contributed by atoms with Crippen molar-refractivity contribution in [3.05, 3.63) is 65.7 Å². The quantitative estimate of drug-likeness (QED) is 0.891. The van der Waals surface area contributed by atoms with Gasteiger partial charge in [-0.3, -0.25) is 10.2 Å². The summed E-state index contributed by atoms with van der Waals surface area (Å²) in [7, 11) is 1.72. The Morgan fingerprint density at radius 1 is 1.23 bits per heavy atom. The molecule has 1 aliphatic heterocycles. The fourth-order valence-corrected chi connectivity index (χ4v) is 3.31. The van der Waals surface area contributed by atoms with E-state index in [0.717, 1.165) is 25.8 Å². The van der Waals surface area contributed by atoms with Gasteiger partial charge in [0.05, 0.1) is 17.8 Å². The Labute approximate surface area is 154 Å². The maximum absolute atomic E-state index is 12.5. The van der Waals surface area contributed by atoms with Gasteiger partial charge in [0.1, 0.15) is 0 Å². The average Bonchev–Trinajstić information content (AvgIpc) is 2.69. The molecule has 2 amide bonds. The van der Waals surface area contributed by atoms with Crippen molar-refractivity contribution in [3.63, 3.8) is 0 Å². The minimum atomic E-state index is -0.168. The summed E-state index contributed by atoms with van der Waals surface area (Å²) >= 11 is 0. The molecule has 0 radical (unpaired) electrons. The standard InChI is InChI=1S/C21H24N4O/c1-25(19-9-5-8-17(13-19)14-22)21(26)24-20-11-10-18(15-23-20)12-16-6-3-2-4-7-16/h2-9,13,18,20,23H,10-12,15H2,1H3,(H,24,26). The predicted octanol–water partition coefficient (Wildman–Crippen LogP) is 3.27. The van der Waals surface area contributed by atoms with Crippen molar-refractivity contribution in [2.45, 2.75) is 25.4 Å². The van der Waals surface area contributed by atoms with Crippen molar-refractivity contribution in [2.24, 2.45) is 5.92 Å². The smallest absolute Gasteiger partial charge is 0.322 e. The predicted molar refractivity (Wildman–Crippen MR) is 103 cm³/mol. The molecule has 3 rings (SSSR count). The zero-order valence-corrected chi connectivity index (χ0v) is 15.0. The minimum absolute atomic E-state index is 0.0175. The number of piperidine rings is 1. The van der Waals surface area contributed by atoms with E-state index in [0.29, 0.717) is 17.2 Å². The van der Waals surface area contributed by atoms with Gasteiger partial charge in [-0.25, -0.2) is 4.79 Å². The number of rotatable bonds is 4. The number of nitrogens with zero attached hydrogens (tertiary/aromatic N) is 2. The van der Waals surface area contributed by atoms with Gasteiger partial charge < -0.3 is 5.32 Å². The topological polar surface area (TPSA) is 68.2 Å². The highest BCUT2D eigenvalue weighted by atomic mass is 16.2. The maximum Gasteiger partial charge on any atom is 0.322 e. The Kier molecular flexibility index (Phi) is 5.88. The third kappa shape index (κ3) is 4.62. The third-order valence-electron chi connectivity index (χ3n) is 4.85. The summed E-state index contributed by atoms with van der Waals surface area (Å²) in [5.74, 6) is 0.593. The molecule has 134 valence electrons. The van der Waals surface area contributed by atoms with Crippen molar-refractivity contribution in [3.8, 4) is 6.07 Å². The first kappa shape index (κ1) is 18.0. The molecule has 2 unspecified atom stereocenters. The van der Waals surface area contributed by atoms with Crippen LogP contribution in [0.15, 0.2) is 54.6 Å². The van der Waals surface area contributed by atoms with E-state index in [4.69, 9.17) is 5.26 Å². The van der Waals surface area contributed by atoms with Gasteiger partial charge in [0, 0.05) is 19.3 Å². The first-order valence-electron chi connectivity index (χ1n) is 8.97. The van der Waals surface area contributed by atoms with E-state index in [1.165, 1.54) is 5.56 Å². The van der Waals surface area contributed by atoms with Crippen molar-refractivity contribution in [2.75, 3.05) is 18.5 Å². The van der Waals surface area contributed by atoms with Gasteiger partial charge in [0.25, 0.3) is 0 Å². The Morgan fingerprint density at radius 2 is 2.04 bits per heavy atom. The molecule has 2 aromatic rings.